The van der Waals surface area contributed by atoms with Gasteiger partial charge in [0.2, 0.25) is 0 Å². The Hall–Kier alpha value is -5.24. The minimum Gasteiger partial charge on any atom is -0.448 e. The molecule has 208 valence electrons. The normalized spacial score (nSPS) is 19.0. The summed E-state index contributed by atoms with van der Waals surface area (Å²) >= 11 is 0. The van der Waals surface area contributed by atoms with Crippen molar-refractivity contribution in [1.82, 2.24) is 9.96 Å². The topological polar surface area (TPSA) is 93.2 Å². The number of benzene rings is 4. The van der Waals surface area contributed by atoms with Crippen LogP contribution in [0, 0.1) is 0 Å². The number of ether oxygens (including phenoxy) is 1. The van der Waals surface area contributed by atoms with E-state index in [0.717, 1.165) is 22.3 Å². The molecule has 42 heavy (non-hydrogen) atoms. The van der Waals surface area contributed by atoms with E-state index < -0.39 is 29.3 Å². The first-order valence-corrected chi connectivity index (χ1v) is 13.8. The van der Waals surface area contributed by atoms with Crippen LogP contribution >= 0.6 is 0 Å². The number of hydrogen-bond acceptors (Lipinski definition) is 6. The number of amides is 3. The second-order valence-corrected chi connectivity index (χ2v) is 10.8. The number of fused-ring (bicyclic) bond motifs is 4. The molecule has 0 aromatic heterocycles. The highest BCUT2D eigenvalue weighted by Gasteiger charge is 2.52. The number of rotatable bonds is 5. The van der Waals surface area contributed by atoms with Gasteiger partial charge in [-0.25, -0.2) is 9.59 Å². The Kier molecular flexibility index (Phi) is 6.12. The second-order valence-electron chi connectivity index (χ2n) is 10.8. The van der Waals surface area contributed by atoms with Crippen molar-refractivity contribution in [3.05, 3.63) is 131 Å². The second kappa shape index (κ2) is 9.99. The van der Waals surface area contributed by atoms with Gasteiger partial charge in [0.1, 0.15) is 12.0 Å². The van der Waals surface area contributed by atoms with E-state index in [2.05, 4.69) is 24.3 Å². The molecule has 2 heterocycles. The Morgan fingerprint density at radius 1 is 0.714 bits per heavy atom. The van der Waals surface area contributed by atoms with Crippen LogP contribution in [0.2, 0.25) is 0 Å². The van der Waals surface area contributed by atoms with E-state index in [4.69, 9.17) is 9.57 Å². The van der Waals surface area contributed by atoms with Crippen molar-refractivity contribution in [2.75, 3.05) is 19.7 Å². The van der Waals surface area contributed by atoms with Crippen LogP contribution in [-0.4, -0.2) is 53.5 Å². The molecule has 1 unspecified atom stereocenters. The van der Waals surface area contributed by atoms with Crippen LogP contribution in [0.25, 0.3) is 11.1 Å². The van der Waals surface area contributed by atoms with Gasteiger partial charge in [-0.05, 0) is 46.4 Å². The highest BCUT2D eigenvalue weighted by molar-refractivity contribution is 6.21. The summed E-state index contributed by atoms with van der Waals surface area (Å²) in [6.07, 6.45) is -0.299. The van der Waals surface area contributed by atoms with E-state index in [9.17, 15) is 19.2 Å². The van der Waals surface area contributed by atoms with E-state index in [-0.39, 0.29) is 43.2 Å². The molecule has 0 bridgehead atoms. The zero-order valence-corrected chi connectivity index (χ0v) is 22.6. The van der Waals surface area contributed by atoms with Crippen LogP contribution < -0.4 is 0 Å². The van der Waals surface area contributed by atoms with E-state index in [1.54, 1.807) is 36.4 Å². The maximum Gasteiger partial charge on any atom is 0.409 e. The van der Waals surface area contributed by atoms with Gasteiger partial charge in [-0.15, -0.1) is 0 Å². The van der Waals surface area contributed by atoms with Gasteiger partial charge in [-0.2, -0.15) is 0 Å². The van der Waals surface area contributed by atoms with Crippen molar-refractivity contribution in [1.29, 1.82) is 0 Å². The number of hydroxylamine groups is 2. The maximum atomic E-state index is 13.8. The molecule has 2 aliphatic heterocycles. The fraction of sp³-hybridized carbons (Fsp3) is 0.176. The van der Waals surface area contributed by atoms with Gasteiger partial charge in [0.05, 0.1) is 11.1 Å². The van der Waals surface area contributed by atoms with Crippen molar-refractivity contribution in [2.45, 2.75) is 17.8 Å². The molecule has 3 amide bonds. The summed E-state index contributed by atoms with van der Waals surface area (Å²) in [5, 5.41) is 0.521. The number of nitrogens with zero attached hydrogens (tertiary/aromatic N) is 2. The summed E-state index contributed by atoms with van der Waals surface area (Å²) in [5.41, 5.74) is 4.17. The molecule has 8 nitrogen and oxygen atoms in total. The summed E-state index contributed by atoms with van der Waals surface area (Å²) < 4.78 is 5.86. The quantitative estimate of drug-likeness (QED) is 0.307. The molecule has 1 atom stereocenters. The Labute approximate surface area is 242 Å². The Bertz CT molecular complexity index is 1670. The summed E-state index contributed by atoms with van der Waals surface area (Å²) in [4.78, 5) is 60.0. The van der Waals surface area contributed by atoms with Gasteiger partial charge in [0.25, 0.3) is 11.8 Å². The monoisotopic (exact) mass is 558 g/mol. The molecule has 1 fully saturated rings. The summed E-state index contributed by atoms with van der Waals surface area (Å²) in [6, 6.07) is 31.5. The first-order chi connectivity index (χ1) is 20.5. The van der Waals surface area contributed by atoms with Crippen LogP contribution in [0.1, 0.15) is 49.7 Å². The Morgan fingerprint density at radius 2 is 1.24 bits per heavy atom. The molecule has 7 rings (SSSR count). The average Bonchev–Trinajstić information content (AvgIpc) is 3.70. The highest BCUT2D eigenvalue weighted by atomic mass is 16.7. The first kappa shape index (κ1) is 25.7. The maximum absolute atomic E-state index is 13.8. The summed E-state index contributed by atoms with van der Waals surface area (Å²) in [7, 11) is 0. The zero-order chi connectivity index (χ0) is 28.8. The Morgan fingerprint density at radius 3 is 1.83 bits per heavy atom. The minimum absolute atomic E-state index is 0.0182. The van der Waals surface area contributed by atoms with Crippen molar-refractivity contribution in [2.24, 2.45) is 0 Å². The predicted octanol–water partition coefficient (Wildman–Crippen LogP) is 5.33. The van der Waals surface area contributed by atoms with Gasteiger partial charge in [-0.3, -0.25) is 9.59 Å². The lowest BCUT2D eigenvalue weighted by molar-refractivity contribution is -0.175. The SMILES string of the molecule is O=C(OCC1c2ccccc2-c2ccccc21)N1CCC(C(=O)ON2C(=O)c3ccccc3C2=O)(c2ccccc2)C1. The first-order valence-electron chi connectivity index (χ1n) is 13.8. The summed E-state index contributed by atoms with van der Waals surface area (Å²) in [5.74, 6) is -2.27. The fourth-order valence-corrected chi connectivity index (χ4v) is 6.35. The lowest BCUT2D eigenvalue weighted by Gasteiger charge is -2.28. The number of imide groups is 1. The van der Waals surface area contributed by atoms with E-state index >= 15 is 0 Å². The minimum atomic E-state index is -1.29. The van der Waals surface area contributed by atoms with E-state index in [0.29, 0.717) is 10.6 Å². The third-order valence-corrected chi connectivity index (χ3v) is 8.51. The van der Waals surface area contributed by atoms with E-state index in [1.807, 2.05) is 30.3 Å². The smallest absolute Gasteiger partial charge is 0.409 e. The predicted molar refractivity (Wildman–Crippen MR) is 152 cm³/mol. The molecule has 4 aromatic carbocycles. The van der Waals surface area contributed by atoms with Crippen LogP contribution in [0.4, 0.5) is 4.79 Å². The third kappa shape index (κ3) is 3.98. The third-order valence-electron chi connectivity index (χ3n) is 8.51. The largest absolute Gasteiger partial charge is 0.448 e. The van der Waals surface area contributed by atoms with Gasteiger partial charge < -0.3 is 14.5 Å². The molecular formula is C34H26N2O6. The van der Waals surface area contributed by atoms with Crippen molar-refractivity contribution in [3.63, 3.8) is 0 Å². The molecular weight excluding hydrogens is 532 g/mol. The zero-order valence-electron chi connectivity index (χ0n) is 22.6. The molecule has 0 saturated carbocycles. The van der Waals surface area contributed by atoms with Crippen molar-refractivity contribution >= 4 is 23.9 Å². The molecule has 1 saturated heterocycles. The molecule has 3 aliphatic rings. The molecule has 8 heteroatoms. The molecule has 0 spiro atoms. The number of carbonyl (C=O) groups excluding carboxylic acids is 4. The van der Waals surface area contributed by atoms with Crippen molar-refractivity contribution in [3.8, 4) is 11.1 Å². The van der Waals surface area contributed by atoms with Gasteiger partial charge in [0.15, 0.2) is 0 Å². The fourth-order valence-electron chi connectivity index (χ4n) is 6.35. The molecule has 0 radical (unpaired) electrons. The van der Waals surface area contributed by atoms with Crippen LogP contribution in [0.15, 0.2) is 103 Å². The van der Waals surface area contributed by atoms with E-state index in [1.165, 1.54) is 17.0 Å². The average molecular weight is 559 g/mol. The number of likely N-dealkylation sites (tertiary alicyclic amines) is 1. The lowest BCUT2D eigenvalue weighted by atomic mass is 9.80. The molecule has 4 aromatic rings. The molecule has 0 N–H and O–H groups in total. The lowest BCUT2D eigenvalue weighted by Crippen LogP contribution is -2.45. The number of hydrogen-bond donors (Lipinski definition) is 0. The van der Waals surface area contributed by atoms with Crippen LogP contribution in [-0.2, 0) is 19.8 Å². The highest BCUT2D eigenvalue weighted by Crippen LogP contribution is 2.45. The number of carbonyl (C=O) groups is 4. The summed E-state index contributed by atoms with van der Waals surface area (Å²) in [6.45, 7) is 0.375. The van der Waals surface area contributed by atoms with Gasteiger partial charge >= 0.3 is 12.1 Å². The van der Waals surface area contributed by atoms with Crippen LogP contribution in [0.5, 0.6) is 0 Å². The standard InChI is InChI=1S/C34H26N2O6/c37-30-27-16-8-9-17-28(27)31(38)36(30)42-32(39)34(22-10-2-1-3-11-22)18-19-35(21-34)33(40)41-20-29-25-14-6-4-12-23(25)24-13-5-7-15-26(24)29/h1-17,29H,18-21H2. The Balaban J connectivity index is 1.10. The van der Waals surface area contributed by atoms with Gasteiger partial charge in [0, 0.05) is 19.0 Å². The van der Waals surface area contributed by atoms with Crippen molar-refractivity contribution < 1.29 is 28.8 Å². The van der Waals surface area contributed by atoms with Gasteiger partial charge in [-0.1, -0.05) is 96.1 Å². The van der Waals surface area contributed by atoms with Crippen LogP contribution in [0.3, 0.4) is 0 Å². The molecule has 1 aliphatic carbocycles.